The first-order valence-electron chi connectivity index (χ1n) is 13.2. The number of ether oxygens (including phenoxy) is 5. The standard InChI is InChI=1S/C28H50N2O10/c1-12-25(4,23(35)40-18-30-17-29)14-27(6,21(33)38-10)16-28(7,22(34)39-11)15-26(5,20(32)37-9)13-24(2,3)19(31)36-8/h30H,12-18,29H2,1-11H3. The molecule has 0 aromatic carbocycles. The molecule has 0 fully saturated rings. The monoisotopic (exact) mass is 574 g/mol. The van der Waals surface area contributed by atoms with E-state index in [9.17, 15) is 24.0 Å². The van der Waals surface area contributed by atoms with Gasteiger partial charge in [0.15, 0.2) is 0 Å². The Balaban J connectivity index is 6.77. The molecule has 0 aromatic heterocycles. The van der Waals surface area contributed by atoms with E-state index < -0.39 is 56.9 Å². The molecular formula is C28H50N2O10. The zero-order chi connectivity index (χ0) is 31.6. The van der Waals surface area contributed by atoms with E-state index in [0.29, 0.717) is 6.42 Å². The quantitative estimate of drug-likeness (QED) is 0.113. The summed E-state index contributed by atoms with van der Waals surface area (Å²) in [7, 11) is 4.90. The fourth-order valence-corrected chi connectivity index (χ4v) is 5.96. The second-order valence-corrected chi connectivity index (χ2v) is 12.2. The normalized spacial score (nSPS) is 17.6. The van der Waals surface area contributed by atoms with Gasteiger partial charge in [-0.1, -0.05) is 6.92 Å². The van der Waals surface area contributed by atoms with Crippen LogP contribution in [0.5, 0.6) is 0 Å². The van der Waals surface area contributed by atoms with Crippen LogP contribution >= 0.6 is 0 Å². The Morgan fingerprint density at radius 2 is 0.925 bits per heavy atom. The number of rotatable bonds is 17. The number of carbonyl (C=O) groups is 5. The molecule has 0 rings (SSSR count). The lowest BCUT2D eigenvalue weighted by Gasteiger charge is -2.44. The van der Waals surface area contributed by atoms with Gasteiger partial charge in [-0.15, -0.1) is 0 Å². The molecule has 12 heteroatoms. The van der Waals surface area contributed by atoms with Crippen LogP contribution in [0, 0.1) is 27.1 Å². The van der Waals surface area contributed by atoms with Gasteiger partial charge in [0, 0.05) is 6.67 Å². The molecule has 0 radical (unpaired) electrons. The molecule has 232 valence electrons. The van der Waals surface area contributed by atoms with Crippen molar-refractivity contribution in [2.75, 3.05) is 41.8 Å². The summed E-state index contributed by atoms with van der Waals surface area (Å²) in [6.45, 7) is 11.5. The topological polar surface area (TPSA) is 170 Å². The molecule has 0 aliphatic carbocycles. The van der Waals surface area contributed by atoms with Crippen LogP contribution in [0.1, 0.15) is 80.6 Å². The molecule has 0 heterocycles. The van der Waals surface area contributed by atoms with Gasteiger partial charge in [-0.3, -0.25) is 29.3 Å². The van der Waals surface area contributed by atoms with Gasteiger partial charge in [-0.25, -0.2) is 0 Å². The Bertz CT molecular complexity index is 923. The lowest BCUT2D eigenvalue weighted by atomic mass is 9.59. The minimum absolute atomic E-state index is 0.0198. The second kappa shape index (κ2) is 14.8. The number of nitrogens with one attached hydrogen (secondary N) is 1. The summed E-state index contributed by atoms with van der Waals surface area (Å²) >= 11 is 0. The molecule has 3 N–H and O–H groups in total. The highest BCUT2D eigenvalue weighted by Gasteiger charge is 2.55. The Kier molecular flexibility index (Phi) is 13.8. The van der Waals surface area contributed by atoms with Gasteiger partial charge in [-0.2, -0.15) is 0 Å². The average Bonchev–Trinajstić information content (AvgIpc) is 2.89. The van der Waals surface area contributed by atoms with Crippen molar-refractivity contribution >= 4 is 29.8 Å². The third kappa shape index (κ3) is 9.15. The van der Waals surface area contributed by atoms with E-state index in [-0.39, 0.29) is 39.1 Å². The van der Waals surface area contributed by atoms with Crippen LogP contribution in [0.2, 0.25) is 0 Å². The van der Waals surface area contributed by atoms with Gasteiger partial charge in [-0.05, 0) is 73.6 Å². The first-order valence-corrected chi connectivity index (χ1v) is 13.2. The highest BCUT2D eigenvalue weighted by Crippen LogP contribution is 2.51. The number of hydrogen-bond acceptors (Lipinski definition) is 12. The van der Waals surface area contributed by atoms with Crippen molar-refractivity contribution < 1.29 is 47.7 Å². The average molecular weight is 575 g/mol. The first-order chi connectivity index (χ1) is 18.3. The molecular weight excluding hydrogens is 524 g/mol. The van der Waals surface area contributed by atoms with E-state index in [1.807, 2.05) is 0 Å². The van der Waals surface area contributed by atoms with Crippen LogP contribution in [-0.4, -0.2) is 71.7 Å². The SMILES string of the molecule is CCC(C)(CC(C)(CC(C)(CC(C)(CC(C)(C)C(=O)OC)C(=O)OC)C(=O)OC)C(=O)OC)C(=O)OCNCN. The number of nitrogens with two attached hydrogens (primary N) is 1. The van der Waals surface area contributed by atoms with Crippen molar-refractivity contribution in [2.45, 2.75) is 80.6 Å². The maximum absolute atomic E-state index is 13.4. The van der Waals surface area contributed by atoms with Crippen LogP contribution < -0.4 is 11.1 Å². The van der Waals surface area contributed by atoms with E-state index in [1.165, 1.54) is 28.4 Å². The number of hydrogen-bond donors (Lipinski definition) is 2. The van der Waals surface area contributed by atoms with Crippen molar-refractivity contribution in [2.24, 2.45) is 32.8 Å². The van der Waals surface area contributed by atoms with Gasteiger partial charge < -0.3 is 29.4 Å². The minimum Gasteiger partial charge on any atom is -0.469 e. The molecule has 0 aliphatic rings. The molecule has 0 bridgehead atoms. The smallest absolute Gasteiger partial charge is 0.313 e. The van der Waals surface area contributed by atoms with Gasteiger partial charge in [0.1, 0.15) is 6.73 Å². The summed E-state index contributed by atoms with van der Waals surface area (Å²) < 4.78 is 25.7. The lowest BCUT2D eigenvalue weighted by Crippen LogP contribution is -2.48. The predicted octanol–water partition coefficient (Wildman–Crippen LogP) is 2.71. The third-order valence-electron chi connectivity index (χ3n) is 7.67. The first kappa shape index (κ1) is 37.3. The van der Waals surface area contributed by atoms with Crippen LogP contribution in [0.4, 0.5) is 0 Å². The summed E-state index contributed by atoms with van der Waals surface area (Å²) in [5, 5.41) is 2.71. The highest BCUT2D eigenvalue weighted by molar-refractivity contribution is 5.84. The fraction of sp³-hybridized carbons (Fsp3) is 0.821. The Hall–Kier alpha value is -2.73. The van der Waals surface area contributed by atoms with Crippen LogP contribution in [-0.2, 0) is 47.7 Å². The molecule has 4 atom stereocenters. The fourth-order valence-electron chi connectivity index (χ4n) is 5.96. The van der Waals surface area contributed by atoms with E-state index in [0.717, 1.165) is 0 Å². The van der Waals surface area contributed by atoms with Crippen molar-refractivity contribution in [3.8, 4) is 0 Å². The summed E-state index contributed by atoms with van der Waals surface area (Å²) in [6.07, 6.45) is -0.00837. The summed E-state index contributed by atoms with van der Waals surface area (Å²) in [6, 6.07) is 0. The Labute approximate surface area is 238 Å². The van der Waals surface area contributed by atoms with E-state index in [1.54, 1.807) is 48.5 Å². The number of esters is 5. The molecule has 40 heavy (non-hydrogen) atoms. The van der Waals surface area contributed by atoms with Crippen LogP contribution in [0.25, 0.3) is 0 Å². The Morgan fingerprint density at radius 3 is 1.25 bits per heavy atom. The summed E-state index contributed by atoms with van der Waals surface area (Å²) in [5.74, 6) is -3.06. The van der Waals surface area contributed by atoms with E-state index in [2.05, 4.69) is 5.32 Å². The van der Waals surface area contributed by atoms with E-state index >= 15 is 0 Å². The molecule has 0 aromatic rings. The lowest BCUT2D eigenvalue weighted by molar-refractivity contribution is -0.171. The minimum atomic E-state index is -1.45. The Morgan fingerprint density at radius 1 is 0.575 bits per heavy atom. The van der Waals surface area contributed by atoms with Crippen molar-refractivity contribution in [3.05, 3.63) is 0 Å². The zero-order valence-electron chi connectivity index (χ0n) is 26.1. The highest BCUT2D eigenvalue weighted by atomic mass is 16.5. The van der Waals surface area contributed by atoms with Gasteiger partial charge >= 0.3 is 29.8 Å². The van der Waals surface area contributed by atoms with Crippen molar-refractivity contribution in [1.82, 2.24) is 5.32 Å². The van der Waals surface area contributed by atoms with Crippen molar-refractivity contribution in [1.29, 1.82) is 0 Å². The van der Waals surface area contributed by atoms with Gasteiger partial charge in [0.05, 0.1) is 55.5 Å². The number of methoxy groups -OCH3 is 4. The summed E-state index contributed by atoms with van der Waals surface area (Å²) in [4.78, 5) is 65.4. The van der Waals surface area contributed by atoms with E-state index in [4.69, 9.17) is 29.4 Å². The molecule has 12 nitrogen and oxygen atoms in total. The third-order valence-corrected chi connectivity index (χ3v) is 7.67. The van der Waals surface area contributed by atoms with Gasteiger partial charge in [0.2, 0.25) is 0 Å². The maximum Gasteiger partial charge on any atom is 0.313 e. The molecule has 0 aliphatic heterocycles. The molecule has 0 saturated heterocycles. The number of carbonyl (C=O) groups excluding carboxylic acids is 5. The van der Waals surface area contributed by atoms with Crippen molar-refractivity contribution in [3.63, 3.8) is 0 Å². The maximum atomic E-state index is 13.4. The molecule has 0 spiro atoms. The second-order valence-electron chi connectivity index (χ2n) is 12.2. The summed E-state index contributed by atoms with van der Waals surface area (Å²) in [5.41, 5.74) is -1.04. The molecule has 0 saturated carbocycles. The predicted molar refractivity (Wildman–Crippen MR) is 146 cm³/mol. The molecule has 4 unspecified atom stereocenters. The largest absolute Gasteiger partial charge is 0.469 e. The van der Waals surface area contributed by atoms with Gasteiger partial charge in [0.25, 0.3) is 0 Å². The van der Waals surface area contributed by atoms with Crippen LogP contribution in [0.15, 0.2) is 0 Å². The zero-order valence-corrected chi connectivity index (χ0v) is 26.1. The molecule has 0 amide bonds. The van der Waals surface area contributed by atoms with Crippen LogP contribution in [0.3, 0.4) is 0 Å².